The molecule has 0 spiro atoms. The van der Waals surface area contributed by atoms with Gasteiger partial charge in [-0.05, 0) is 61.9 Å². The largest absolute Gasteiger partial charge is 0.493 e. The maximum Gasteiger partial charge on any atom is 0.261 e. The van der Waals surface area contributed by atoms with Gasteiger partial charge >= 0.3 is 0 Å². The summed E-state index contributed by atoms with van der Waals surface area (Å²) in [5.41, 5.74) is 1.42. The second kappa shape index (κ2) is 6.12. The first kappa shape index (κ1) is 15.7. The van der Waals surface area contributed by atoms with E-state index in [1.165, 1.54) is 0 Å². The van der Waals surface area contributed by atoms with Crippen molar-refractivity contribution in [3.05, 3.63) is 48.0 Å². The highest BCUT2D eigenvalue weighted by Crippen LogP contribution is 2.28. The minimum absolute atomic E-state index is 0.0752. The van der Waals surface area contributed by atoms with Crippen LogP contribution in [0, 0.1) is 0 Å². The molecule has 122 valence electrons. The van der Waals surface area contributed by atoms with Crippen molar-refractivity contribution in [1.82, 2.24) is 0 Å². The minimum Gasteiger partial charge on any atom is -0.493 e. The van der Waals surface area contributed by atoms with Gasteiger partial charge in [0.05, 0.1) is 17.6 Å². The van der Waals surface area contributed by atoms with Crippen LogP contribution in [0.25, 0.3) is 0 Å². The molecular weight excluding hydrogens is 314 g/mol. The molecule has 1 aliphatic heterocycles. The van der Waals surface area contributed by atoms with Crippen LogP contribution in [-0.4, -0.2) is 21.1 Å². The Morgan fingerprint density at radius 3 is 2.57 bits per heavy atom. The van der Waals surface area contributed by atoms with E-state index >= 15 is 0 Å². The van der Waals surface area contributed by atoms with Gasteiger partial charge < -0.3 is 9.47 Å². The lowest BCUT2D eigenvalue weighted by Gasteiger charge is -2.12. The SMILES string of the molecule is CC(C)Oc1ccc(NS(=O)(=O)c2ccc3c(c2)CCO3)cc1. The third-order valence-corrected chi connectivity index (χ3v) is 4.83. The number of ether oxygens (including phenoxy) is 2. The molecule has 0 unspecified atom stereocenters. The van der Waals surface area contributed by atoms with Crippen molar-refractivity contribution in [2.45, 2.75) is 31.3 Å². The average molecular weight is 333 g/mol. The summed E-state index contributed by atoms with van der Waals surface area (Å²) in [6, 6.07) is 11.8. The van der Waals surface area contributed by atoms with Gasteiger partial charge in [0, 0.05) is 12.1 Å². The first-order valence-electron chi connectivity index (χ1n) is 7.49. The molecule has 5 nitrogen and oxygen atoms in total. The van der Waals surface area contributed by atoms with E-state index in [2.05, 4.69) is 4.72 Å². The summed E-state index contributed by atoms with van der Waals surface area (Å²) in [5.74, 6) is 1.47. The van der Waals surface area contributed by atoms with Crippen molar-refractivity contribution in [3.63, 3.8) is 0 Å². The molecule has 0 amide bonds. The van der Waals surface area contributed by atoms with Crippen LogP contribution in [0.5, 0.6) is 11.5 Å². The van der Waals surface area contributed by atoms with Crippen molar-refractivity contribution in [2.24, 2.45) is 0 Å². The second-order valence-corrected chi connectivity index (χ2v) is 7.35. The van der Waals surface area contributed by atoms with Crippen LogP contribution < -0.4 is 14.2 Å². The summed E-state index contributed by atoms with van der Waals surface area (Å²) in [7, 11) is -3.62. The molecule has 2 aromatic carbocycles. The molecule has 0 radical (unpaired) electrons. The van der Waals surface area contributed by atoms with E-state index in [1.54, 1.807) is 42.5 Å². The lowest BCUT2D eigenvalue weighted by Crippen LogP contribution is -2.13. The van der Waals surface area contributed by atoms with Crippen molar-refractivity contribution in [1.29, 1.82) is 0 Å². The number of benzene rings is 2. The van der Waals surface area contributed by atoms with Gasteiger partial charge in [-0.1, -0.05) is 0 Å². The van der Waals surface area contributed by atoms with Crippen molar-refractivity contribution in [3.8, 4) is 11.5 Å². The Morgan fingerprint density at radius 1 is 1.13 bits per heavy atom. The van der Waals surface area contributed by atoms with Crippen LogP contribution in [0.1, 0.15) is 19.4 Å². The average Bonchev–Trinajstić information content (AvgIpc) is 2.96. The third kappa shape index (κ3) is 3.59. The molecule has 1 aliphatic rings. The van der Waals surface area contributed by atoms with E-state index in [0.717, 1.165) is 17.7 Å². The first-order chi connectivity index (χ1) is 10.9. The molecule has 0 atom stereocenters. The highest BCUT2D eigenvalue weighted by Gasteiger charge is 2.19. The van der Waals surface area contributed by atoms with Gasteiger partial charge in [0.2, 0.25) is 0 Å². The Labute approximate surface area is 136 Å². The van der Waals surface area contributed by atoms with Crippen molar-refractivity contribution < 1.29 is 17.9 Å². The number of hydrogen-bond acceptors (Lipinski definition) is 4. The van der Waals surface area contributed by atoms with Crippen LogP contribution in [0.2, 0.25) is 0 Å². The van der Waals surface area contributed by atoms with E-state index in [4.69, 9.17) is 9.47 Å². The topological polar surface area (TPSA) is 64.6 Å². The molecule has 0 saturated heterocycles. The number of anilines is 1. The maximum atomic E-state index is 12.5. The van der Waals surface area contributed by atoms with Crippen LogP contribution in [0.4, 0.5) is 5.69 Å². The molecule has 1 N–H and O–H groups in total. The molecule has 2 aromatic rings. The Morgan fingerprint density at radius 2 is 1.87 bits per heavy atom. The Balaban J connectivity index is 1.78. The molecule has 0 fully saturated rings. The predicted molar refractivity (Wildman–Crippen MR) is 88.7 cm³/mol. The molecule has 3 rings (SSSR count). The summed E-state index contributed by atoms with van der Waals surface area (Å²) in [6.07, 6.45) is 0.811. The van der Waals surface area contributed by atoms with Gasteiger partial charge in [-0.15, -0.1) is 0 Å². The fraction of sp³-hybridized carbons (Fsp3) is 0.294. The zero-order chi connectivity index (χ0) is 16.4. The highest BCUT2D eigenvalue weighted by molar-refractivity contribution is 7.92. The van der Waals surface area contributed by atoms with Gasteiger partial charge in [-0.2, -0.15) is 0 Å². The maximum absolute atomic E-state index is 12.5. The second-order valence-electron chi connectivity index (χ2n) is 5.66. The molecule has 0 aromatic heterocycles. The van der Waals surface area contributed by atoms with Gasteiger partial charge in [-0.3, -0.25) is 4.72 Å². The van der Waals surface area contributed by atoms with Crippen LogP contribution >= 0.6 is 0 Å². The number of fused-ring (bicyclic) bond motifs is 1. The van der Waals surface area contributed by atoms with Crippen LogP contribution in [-0.2, 0) is 16.4 Å². The van der Waals surface area contributed by atoms with E-state index in [-0.39, 0.29) is 11.0 Å². The van der Waals surface area contributed by atoms with Gasteiger partial charge in [0.15, 0.2) is 0 Å². The summed E-state index contributed by atoms with van der Waals surface area (Å²) in [6.45, 7) is 4.48. The minimum atomic E-state index is -3.62. The smallest absolute Gasteiger partial charge is 0.261 e. The quantitative estimate of drug-likeness (QED) is 0.912. The summed E-state index contributed by atoms with van der Waals surface area (Å²) >= 11 is 0. The standard InChI is InChI=1S/C17H19NO4S/c1-12(2)22-15-5-3-14(4-6-15)18-23(19,20)16-7-8-17-13(11-16)9-10-21-17/h3-8,11-12,18H,9-10H2,1-2H3. The molecule has 6 heteroatoms. The number of sulfonamides is 1. The molecule has 1 heterocycles. The molecule has 0 aliphatic carbocycles. The molecule has 0 bridgehead atoms. The third-order valence-electron chi connectivity index (χ3n) is 3.45. The van der Waals surface area contributed by atoms with Gasteiger partial charge in [-0.25, -0.2) is 8.42 Å². The fourth-order valence-corrected chi connectivity index (χ4v) is 3.53. The lowest BCUT2D eigenvalue weighted by molar-refractivity contribution is 0.242. The van der Waals surface area contributed by atoms with E-state index in [1.807, 2.05) is 13.8 Å². The van der Waals surface area contributed by atoms with E-state index < -0.39 is 10.0 Å². The Bertz CT molecular complexity index is 798. The Hall–Kier alpha value is -2.21. The number of rotatable bonds is 5. The molecule has 0 saturated carbocycles. The fourth-order valence-electron chi connectivity index (χ4n) is 2.42. The Kier molecular flexibility index (Phi) is 4.17. The van der Waals surface area contributed by atoms with Gasteiger partial charge in [0.25, 0.3) is 10.0 Å². The molecular formula is C17H19NO4S. The van der Waals surface area contributed by atoms with E-state index in [9.17, 15) is 8.42 Å². The summed E-state index contributed by atoms with van der Waals surface area (Å²) in [4.78, 5) is 0.240. The number of hydrogen-bond donors (Lipinski definition) is 1. The van der Waals surface area contributed by atoms with Crippen LogP contribution in [0.3, 0.4) is 0 Å². The monoisotopic (exact) mass is 333 g/mol. The summed E-state index contributed by atoms with van der Waals surface area (Å²) in [5, 5.41) is 0. The van der Waals surface area contributed by atoms with Gasteiger partial charge in [0.1, 0.15) is 11.5 Å². The van der Waals surface area contributed by atoms with Crippen LogP contribution in [0.15, 0.2) is 47.4 Å². The first-order valence-corrected chi connectivity index (χ1v) is 8.98. The zero-order valence-corrected chi connectivity index (χ0v) is 13.9. The number of nitrogens with one attached hydrogen (secondary N) is 1. The van der Waals surface area contributed by atoms with Crippen molar-refractivity contribution >= 4 is 15.7 Å². The highest BCUT2D eigenvalue weighted by atomic mass is 32.2. The van der Waals surface area contributed by atoms with E-state index in [0.29, 0.717) is 18.0 Å². The van der Waals surface area contributed by atoms with Crippen molar-refractivity contribution in [2.75, 3.05) is 11.3 Å². The molecule has 23 heavy (non-hydrogen) atoms. The zero-order valence-electron chi connectivity index (χ0n) is 13.1. The summed E-state index contributed by atoms with van der Waals surface area (Å²) < 4.78 is 38.5. The lowest BCUT2D eigenvalue weighted by atomic mass is 10.2. The normalized spacial score (nSPS) is 13.5. The predicted octanol–water partition coefficient (Wildman–Crippen LogP) is 3.21.